The van der Waals surface area contributed by atoms with Gasteiger partial charge in [-0.2, -0.15) is 0 Å². The van der Waals surface area contributed by atoms with E-state index in [1.165, 1.54) is 16.7 Å². The summed E-state index contributed by atoms with van der Waals surface area (Å²) in [7, 11) is 0. The zero-order chi connectivity index (χ0) is 9.26. The summed E-state index contributed by atoms with van der Waals surface area (Å²) in [4.78, 5) is 0. The van der Waals surface area contributed by atoms with Gasteiger partial charge in [-0.1, -0.05) is 44.2 Å². The van der Waals surface area contributed by atoms with Gasteiger partial charge in [0.15, 0.2) is 0 Å². The van der Waals surface area contributed by atoms with Crippen molar-refractivity contribution in [1.82, 2.24) is 0 Å². The van der Waals surface area contributed by atoms with Gasteiger partial charge in [0, 0.05) is 0 Å². The van der Waals surface area contributed by atoms with Crippen LogP contribution in [0.4, 0.5) is 0 Å². The lowest BCUT2D eigenvalue weighted by molar-refractivity contribution is 0.902. The van der Waals surface area contributed by atoms with Crippen molar-refractivity contribution >= 4 is 0 Å². The molecule has 0 aliphatic heterocycles. The van der Waals surface area contributed by atoms with E-state index in [0.717, 1.165) is 12.8 Å². The molecule has 1 aliphatic rings. The summed E-state index contributed by atoms with van der Waals surface area (Å²) in [5.74, 6) is 0.606. The van der Waals surface area contributed by atoms with Crippen molar-refractivity contribution in [3.63, 3.8) is 0 Å². The summed E-state index contributed by atoms with van der Waals surface area (Å²) < 4.78 is 0. The lowest BCUT2D eigenvalue weighted by atomic mass is 9.88. The third-order valence-corrected chi connectivity index (χ3v) is 2.87. The molecule has 0 fully saturated rings. The molecule has 1 aromatic carbocycles. The third kappa shape index (κ3) is 1.53. The van der Waals surface area contributed by atoms with Gasteiger partial charge >= 0.3 is 0 Å². The summed E-state index contributed by atoms with van der Waals surface area (Å²) >= 11 is 0. The standard InChI is InChI=1S/C13H16/c1-3-11-7-8-13-10(2)5-4-6-12(13)9-11/h4-5,7-10H,3,6H2,1-2H3. The third-order valence-electron chi connectivity index (χ3n) is 2.87. The van der Waals surface area contributed by atoms with Gasteiger partial charge < -0.3 is 0 Å². The van der Waals surface area contributed by atoms with Gasteiger partial charge in [-0.3, -0.25) is 0 Å². The first-order chi connectivity index (χ1) is 6.31. The fraction of sp³-hybridized carbons (Fsp3) is 0.385. The molecule has 0 spiro atoms. The molecule has 1 aromatic rings. The molecule has 2 rings (SSSR count). The van der Waals surface area contributed by atoms with Crippen molar-refractivity contribution in [2.75, 3.05) is 0 Å². The molecule has 68 valence electrons. The average Bonchev–Trinajstić information content (AvgIpc) is 2.18. The fourth-order valence-corrected chi connectivity index (χ4v) is 2.00. The summed E-state index contributed by atoms with van der Waals surface area (Å²) in [6.45, 7) is 4.48. The Bertz CT molecular complexity index is 334. The molecule has 0 heterocycles. The number of hydrogen-bond acceptors (Lipinski definition) is 0. The van der Waals surface area contributed by atoms with E-state index >= 15 is 0 Å². The predicted molar refractivity (Wildman–Crippen MR) is 57.1 cm³/mol. The highest BCUT2D eigenvalue weighted by molar-refractivity contribution is 5.40. The van der Waals surface area contributed by atoms with E-state index in [9.17, 15) is 0 Å². The quantitative estimate of drug-likeness (QED) is 0.569. The van der Waals surface area contributed by atoms with Crippen molar-refractivity contribution < 1.29 is 0 Å². The molecule has 0 nitrogen and oxygen atoms in total. The number of hydrogen-bond donors (Lipinski definition) is 0. The molecule has 1 atom stereocenters. The van der Waals surface area contributed by atoms with Crippen molar-refractivity contribution in [1.29, 1.82) is 0 Å². The van der Waals surface area contributed by atoms with E-state index < -0.39 is 0 Å². The first-order valence-corrected chi connectivity index (χ1v) is 5.09. The molecule has 1 unspecified atom stereocenters. The summed E-state index contributed by atoms with van der Waals surface area (Å²) in [5, 5.41) is 0. The fourth-order valence-electron chi connectivity index (χ4n) is 2.00. The van der Waals surface area contributed by atoms with Crippen LogP contribution in [0.15, 0.2) is 30.4 Å². The lowest BCUT2D eigenvalue weighted by Gasteiger charge is -2.17. The van der Waals surface area contributed by atoms with Crippen molar-refractivity contribution in [2.24, 2.45) is 0 Å². The van der Waals surface area contributed by atoms with Gasteiger partial charge in [-0.15, -0.1) is 0 Å². The number of aryl methyl sites for hydroxylation is 1. The molecule has 0 N–H and O–H groups in total. The Labute approximate surface area is 80.3 Å². The van der Waals surface area contributed by atoms with E-state index in [2.05, 4.69) is 44.2 Å². The Morgan fingerprint density at radius 2 is 2.23 bits per heavy atom. The minimum Gasteiger partial charge on any atom is -0.0835 e. The number of allylic oxidation sites excluding steroid dienone is 2. The van der Waals surface area contributed by atoms with Crippen LogP contribution < -0.4 is 0 Å². The SMILES string of the molecule is CCc1ccc2c(c1)CC=CC2C. The van der Waals surface area contributed by atoms with Crippen LogP contribution in [0.5, 0.6) is 0 Å². The van der Waals surface area contributed by atoms with Gasteiger partial charge in [0.1, 0.15) is 0 Å². The Hall–Kier alpha value is -1.04. The lowest BCUT2D eigenvalue weighted by Crippen LogP contribution is -2.02. The van der Waals surface area contributed by atoms with Crippen molar-refractivity contribution in [3.8, 4) is 0 Å². The largest absolute Gasteiger partial charge is 0.0835 e. The van der Waals surface area contributed by atoms with E-state index in [0.29, 0.717) is 5.92 Å². The highest BCUT2D eigenvalue weighted by Crippen LogP contribution is 2.27. The Morgan fingerprint density at radius 3 is 3.00 bits per heavy atom. The predicted octanol–water partition coefficient (Wildman–Crippen LogP) is 3.46. The van der Waals surface area contributed by atoms with E-state index in [1.54, 1.807) is 0 Å². The Balaban J connectivity index is 2.43. The number of benzene rings is 1. The van der Waals surface area contributed by atoms with E-state index in [1.807, 2.05) is 0 Å². The zero-order valence-corrected chi connectivity index (χ0v) is 8.38. The minimum absolute atomic E-state index is 0.606. The van der Waals surface area contributed by atoms with E-state index in [4.69, 9.17) is 0 Å². The topological polar surface area (TPSA) is 0 Å². The van der Waals surface area contributed by atoms with Gasteiger partial charge in [-0.05, 0) is 35.4 Å². The highest BCUT2D eigenvalue weighted by atomic mass is 14.2. The van der Waals surface area contributed by atoms with Crippen LogP contribution in [-0.2, 0) is 12.8 Å². The molecule has 0 bridgehead atoms. The molecule has 0 amide bonds. The minimum atomic E-state index is 0.606. The molecule has 0 aromatic heterocycles. The monoisotopic (exact) mass is 172 g/mol. The smallest absolute Gasteiger partial charge is 0.000748 e. The summed E-state index contributed by atoms with van der Waals surface area (Å²) in [6.07, 6.45) is 6.85. The van der Waals surface area contributed by atoms with E-state index in [-0.39, 0.29) is 0 Å². The first-order valence-electron chi connectivity index (χ1n) is 5.09. The Kier molecular flexibility index (Phi) is 2.22. The normalized spacial score (nSPS) is 20.0. The van der Waals surface area contributed by atoms with Crippen molar-refractivity contribution in [2.45, 2.75) is 32.6 Å². The van der Waals surface area contributed by atoms with Gasteiger partial charge in [-0.25, -0.2) is 0 Å². The highest BCUT2D eigenvalue weighted by Gasteiger charge is 2.11. The maximum absolute atomic E-state index is 2.36. The van der Waals surface area contributed by atoms with Crippen LogP contribution >= 0.6 is 0 Å². The molecule has 1 aliphatic carbocycles. The van der Waals surface area contributed by atoms with Crippen LogP contribution in [0, 0.1) is 0 Å². The number of fused-ring (bicyclic) bond motifs is 1. The Morgan fingerprint density at radius 1 is 1.38 bits per heavy atom. The van der Waals surface area contributed by atoms with Crippen LogP contribution in [0.1, 0.15) is 36.5 Å². The van der Waals surface area contributed by atoms with Gasteiger partial charge in [0.05, 0.1) is 0 Å². The van der Waals surface area contributed by atoms with Crippen LogP contribution in [0.3, 0.4) is 0 Å². The molecular weight excluding hydrogens is 156 g/mol. The molecule has 0 radical (unpaired) electrons. The van der Waals surface area contributed by atoms with Gasteiger partial charge in [0.2, 0.25) is 0 Å². The van der Waals surface area contributed by atoms with Crippen LogP contribution in [0.25, 0.3) is 0 Å². The van der Waals surface area contributed by atoms with Crippen molar-refractivity contribution in [3.05, 3.63) is 47.0 Å². The molecule has 0 heteroatoms. The average molecular weight is 172 g/mol. The summed E-state index contributed by atoms with van der Waals surface area (Å²) in [5.41, 5.74) is 4.50. The molecule has 0 saturated carbocycles. The van der Waals surface area contributed by atoms with Crippen LogP contribution in [-0.4, -0.2) is 0 Å². The number of rotatable bonds is 1. The van der Waals surface area contributed by atoms with Crippen LogP contribution in [0.2, 0.25) is 0 Å². The maximum atomic E-state index is 2.36. The summed E-state index contributed by atoms with van der Waals surface area (Å²) in [6, 6.07) is 6.91. The van der Waals surface area contributed by atoms with Gasteiger partial charge in [0.25, 0.3) is 0 Å². The molecular formula is C13H16. The second kappa shape index (κ2) is 3.37. The second-order valence-corrected chi connectivity index (χ2v) is 3.81. The first kappa shape index (κ1) is 8.55. The maximum Gasteiger partial charge on any atom is -0.000748 e. The second-order valence-electron chi connectivity index (χ2n) is 3.81. The zero-order valence-electron chi connectivity index (χ0n) is 8.38. The molecule has 0 saturated heterocycles. The molecule has 13 heavy (non-hydrogen) atoms.